The van der Waals surface area contributed by atoms with Crippen molar-refractivity contribution in [2.75, 3.05) is 6.54 Å². The summed E-state index contributed by atoms with van der Waals surface area (Å²) in [4.78, 5) is 4.27. The maximum Gasteiger partial charge on any atom is 0.0385 e. The van der Waals surface area contributed by atoms with Crippen LogP contribution in [0.1, 0.15) is 77.6 Å². The molecule has 0 N–H and O–H groups in total. The van der Waals surface area contributed by atoms with Gasteiger partial charge in [0.25, 0.3) is 0 Å². The molecule has 1 heteroatoms. The zero-order valence-electron chi connectivity index (χ0n) is 11.2. The van der Waals surface area contributed by atoms with Crippen molar-refractivity contribution in [2.45, 2.75) is 77.6 Å². The van der Waals surface area contributed by atoms with Crippen molar-refractivity contribution in [1.82, 2.24) is 0 Å². The molecule has 0 atom stereocenters. The molecule has 0 aromatic heterocycles. The van der Waals surface area contributed by atoms with Gasteiger partial charge in [-0.15, -0.1) is 0 Å². The second kappa shape index (κ2) is 14.7. The van der Waals surface area contributed by atoms with Crippen LogP contribution in [0.3, 0.4) is 0 Å². The van der Waals surface area contributed by atoms with Gasteiger partial charge in [0.1, 0.15) is 0 Å². The molecule has 0 spiro atoms. The van der Waals surface area contributed by atoms with E-state index in [1.807, 2.05) is 6.21 Å². The van der Waals surface area contributed by atoms with Crippen molar-refractivity contribution in [2.24, 2.45) is 4.99 Å². The van der Waals surface area contributed by atoms with E-state index in [9.17, 15) is 0 Å². The fourth-order valence-corrected chi connectivity index (χ4v) is 1.87. The minimum absolute atomic E-state index is 0.831. The Balaban J connectivity index is 2.90. The van der Waals surface area contributed by atoms with Crippen LogP contribution < -0.4 is 0 Å². The standard InChI is InChI=1S/C15H30N/c1-3-5-6-7-8-9-10-11-12-13-15-16-14-4-2/h14H,2-13,15H2,1H3. The molecule has 0 amide bonds. The zero-order chi connectivity index (χ0) is 11.9. The van der Waals surface area contributed by atoms with Crippen LogP contribution in [-0.4, -0.2) is 12.8 Å². The summed E-state index contributed by atoms with van der Waals surface area (Å²) in [7, 11) is 0. The molecule has 1 radical (unpaired) electrons. The van der Waals surface area contributed by atoms with Gasteiger partial charge < -0.3 is 0 Å². The molecule has 0 aromatic carbocycles. The lowest BCUT2D eigenvalue weighted by Gasteiger charge is -2.01. The second-order valence-electron chi connectivity index (χ2n) is 4.56. The average Bonchev–Trinajstić information content (AvgIpc) is 2.31. The quantitative estimate of drug-likeness (QED) is 0.319. The predicted octanol–water partition coefficient (Wildman–Crippen LogP) is 5.20. The predicted molar refractivity (Wildman–Crippen MR) is 75.2 cm³/mol. The molecular formula is C15H30N. The summed E-state index contributed by atoms with van der Waals surface area (Å²) < 4.78 is 0. The first kappa shape index (κ1) is 15.7. The maximum absolute atomic E-state index is 4.27. The van der Waals surface area contributed by atoms with Crippen molar-refractivity contribution in [3.63, 3.8) is 0 Å². The van der Waals surface area contributed by atoms with E-state index < -0.39 is 0 Å². The Kier molecular flexibility index (Phi) is 14.4. The Bertz CT molecular complexity index is 140. The van der Waals surface area contributed by atoms with E-state index in [-0.39, 0.29) is 0 Å². The van der Waals surface area contributed by atoms with Crippen molar-refractivity contribution in [3.05, 3.63) is 6.92 Å². The van der Waals surface area contributed by atoms with Crippen molar-refractivity contribution in [1.29, 1.82) is 0 Å². The van der Waals surface area contributed by atoms with Gasteiger partial charge in [0.2, 0.25) is 0 Å². The first-order chi connectivity index (χ1) is 7.91. The lowest BCUT2D eigenvalue weighted by Crippen LogP contribution is -1.84. The highest BCUT2D eigenvalue weighted by molar-refractivity contribution is 5.57. The Morgan fingerprint density at radius 2 is 1.31 bits per heavy atom. The Morgan fingerprint density at radius 3 is 1.81 bits per heavy atom. The first-order valence-corrected chi connectivity index (χ1v) is 7.19. The number of unbranched alkanes of at least 4 members (excludes halogenated alkanes) is 9. The molecule has 0 aliphatic rings. The molecule has 0 fully saturated rings. The fraction of sp³-hybridized carbons (Fsp3) is 0.867. The molecule has 0 bridgehead atoms. The lowest BCUT2D eigenvalue weighted by molar-refractivity contribution is 0.558. The van der Waals surface area contributed by atoms with Crippen LogP contribution in [0.5, 0.6) is 0 Å². The number of rotatable bonds is 12. The SMILES string of the molecule is [CH2]CC=NCCCCCCCCCCCC. The van der Waals surface area contributed by atoms with Crippen LogP contribution in [0.4, 0.5) is 0 Å². The number of hydrogen-bond acceptors (Lipinski definition) is 1. The third-order valence-electron chi connectivity index (χ3n) is 2.90. The molecule has 0 rings (SSSR count). The van der Waals surface area contributed by atoms with Crippen molar-refractivity contribution < 1.29 is 0 Å². The minimum Gasteiger partial charge on any atom is -0.298 e. The van der Waals surface area contributed by atoms with E-state index in [1.165, 1.54) is 64.2 Å². The van der Waals surface area contributed by atoms with E-state index in [0.717, 1.165) is 13.0 Å². The Labute approximate surface area is 103 Å². The Hall–Kier alpha value is -0.330. The normalized spacial score (nSPS) is 11.4. The molecule has 0 aromatic rings. The Morgan fingerprint density at radius 1 is 0.812 bits per heavy atom. The largest absolute Gasteiger partial charge is 0.298 e. The molecule has 1 nitrogen and oxygen atoms in total. The van der Waals surface area contributed by atoms with Crippen LogP contribution in [0.15, 0.2) is 4.99 Å². The molecule has 0 heterocycles. The van der Waals surface area contributed by atoms with E-state index in [2.05, 4.69) is 18.8 Å². The smallest absolute Gasteiger partial charge is 0.0385 e. The van der Waals surface area contributed by atoms with Crippen LogP contribution in [0.25, 0.3) is 0 Å². The second-order valence-corrected chi connectivity index (χ2v) is 4.56. The van der Waals surface area contributed by atoms with Crippen molar-refractivity contribution >= 4 is 6.21 Å². The summed E-state index contributed by atoms with van der Waals surface area (Å²) >= 11 is 0. The summed E-state index contributed by atoms with van der Waals surface area (Å²) in [5.74, 6) is 0. The molecule has 16 heavy (non-hydrogen) atoms. The van der Waals surface area contributed by atoms with Crippen LogP contribution in [0.2, 0.25) is 0 Å². The van der Waals surface area contributed by atoms with Crippen molar-refractivity contribution in [3.8, 4) is 0 Å². The van der Waals surface area contributed by atoms with Gasteiger partial charge in [0.05, 0.1) is 0 Å². The van der Waals surface area contributed by atoms with E-state index >= 15 is 0 Å². The summed E-state index contributed by atoms with van der Waals surface area (Å²) in [6.07, 6.45) is 16.7. The minimum atomic E-state index is 0.831. The molecule has 0 saturated heterocycles. The third kappa shape index (κ3) is 13.7. The molecule has 0 aliphatic heterocycles. The summed E-state index contributed by atoms with van der Waals surface area (Å²) in [6, 6.07) is 0. The van der Waals surface area contributed by atoms with E-state index in [1.54, 1.807) is 0 Å². The summed E-state index contributed by atoms with van der Waals surface area (Å²) in [6.45, 7) is 7.01. The van der Waals surface area contributed by atoms with Gasteiger partial charge in [-0.3, -0.25) is 4.99 Å². The van der Waals surface area contributed by atoms with Crippen LogP contribution in [-0.2, 0) is 0 Å². The highest BCUT2D eigenvalue weighted by atomic mass is 14.7. The van der Waals surface area contributed by atoms with E-state index in [0.29, 0.717) is 0 Å². The number of hydrogen-bond donors (Lipinski definition) is 0. The van der Waals surface area contributed by atoms with Crippen LogP contribution >= 0.6 is 0 Å². The molecular weight excluding hydrogens is 194 g/mol. The third-order valence-corrected chi connectivity index (χ3v) is 2.90. The van der Waals surface area contributed by atoms with Gasteiger partial charge in [-0.2, -0.15) is 0 Å². The summed E-state index contributed by atoms with van der Waals surface area (Å²) in [5, 5.41) is 0. The monoisotopic (exact) mass is 224 g/mol. The van der Waals surface area contributed by atoms with Gasteiger partial charge in [-0.1, -0.05) is 64.7 Å². The van der Waals surface area contributed by atoms with Crippen LogP contribution in [0, 0.1) is 6.92 Å². The molecule has 0 unspecified atom stereocenters. The average molecular weight is 224 g/mol. The molecule has 95 valence electrons. The topological polar surface area (TPSA) is 12.4 Å². The summed E-state index contributed by atoms with van der Waals surface area (Å²) in [5.41, 5.74) is 0. The molecule has 0 saturated carbocycles. The fourth-order valence-electron chi connectivity index (χ4n) is 1.87. The van der Waals surface area contributed by atoms with E-state index in [4.69, 9.17) is 0 Å². The highest BCUT2D eigenvalue weighted by Gasteiger charge is 1.91. The maximum atomic E-state index is 4.27. The van der Waals surface area contributed by atoms with Gasteiger partial charge in [-0.25, -0.2) is 0 Å². The lowest BCUT2D eigenvalue weighted by atomic mass is 10.1. The highest BCUT2D eigenvalue weighted by Crippen LogP contribution is 2.10. The van der Waals surface area contributed by atoms with Gasteiger partial charge >= 0.3 is 0 Å². The molecule has 0 aliphatic carbocycles. The zero-order valence-corrected chi connectivity index (χ0v) is 11.2. The van der Waals surface area contributed by atoms with Gasteiger partial charge in [0.15, 0.2) is 0 Å². The number of nitrogens with zero attached hydrogens (tertiary/aromatic N) is 1. The van der Waals surface area contributed by atoms with Gasteiger partial charge in [-0.05, 0) is 26.0 Å². The first-order valence-electron chi connectivity index (χ1n) is 7.19. The van der Waals surface area contributed by atoms with Gasteiger partial charge in [0, 0.05) is 6.54 Å². The number of aliphatic imine (C=N–C) groups is 1.